The van der Waals surface area contributed by atoms with E-state index in [1.54, 1.807) is 30.6 Å². The van der Waals surface area contributed by atoms with E-state index in [1.165, 1.54) is 0 Å². The number of hydrogen-bond donors (Lipinski definition) is 2. The van der Waals surface area contributed by atoms with Crippen molar-refractivity contribution in [2.45, 2.75) is 13.3 Å². The van der Waals surface area contributed by atoms with E-state index in [-0.39, 0.29) is 36.4 Å². The largest absolute Gasteiger partial charge is 0.355 e. The lowest BCUT2D eigenvalue weighted by Crippen LogP contribution is -2.32. The summed E-state index contributed by atoms with van der Waals surface area (Å²) in [5.41, 5.74) is 1.13. The van der Waals surface area contributed by atoms with E-state index >= 15 is 0 Å². The van der Waals surface area contributed by atoms with E-state index in [1.807, 2.05) is 0 Å². The molecule has 8 heteroatoms. The molecule has 122 valence electrons. The summed E-state index contributed by atoms with van der Waals surface area (Å²) < 4.78 is 5.16. The molecule has 0 aliphatic rings. The highest BCUT2D eigenvalue weighted by Crippen LogP contribution is 2.18. The quantitative estimate of drug-likeness (QED) is 0.752. The summed E-state index contributed by atoms with van der Waals surface area (Å²) in [5, 5.41) is 9.77. The molecule has 0 bridgehead atoms. The number of nitrogens with zero attached hydrogens (tertiary/aromatic N) is 2. The van der Waals surface area contributed by atoms with Crippen LogP contribution in [0.1, 0.15) is 23.8 Å². The van der Waals surface area contributed by atoms with Crippen LogP contribution in [-0.4, -0.2) is 35.7 Å². The average molecular weight is 347 g/mol. The molecule has 2 N–H and O–H groups in total. The van der Waals surface area contributed by atoms with Gasteiger partial charge in [0.2, 0.25) is 0 Å². The Morgan fingerprint density at radius 3 is 2.59 bits per heavy atom. The lowest BCUT2D eigenvalue weighted by molar-refractivity contribution is 0.0945. The number of amides is 1. The van der Waals surface area contributed by atoms with E-state index in [2.05, 4.69) is 27.7 Å². The Morgan fingerprint density at radius 1 is 1.18 bits per heavy atom. The maximum Gasteiger partial charge on any atom is 0.273 e. The second-order valence-electron chi connectivity index (χ2n) is 4.32. The fourth-order valence-corrected chi connectivity index (χ4v) is 1.69. The molecule has 0 fully saturated rings. The summed E-state index contributed by atoms with van der Waals surface area (Å²) in [6.07, 6.45) is 4.40. The van der Waals surface area contributed by atoms with Crippen molar-refractivity contribution in [1.82, 2.24) is 20.8 Å². The molecular formula is C14H20Cl2N4O2. The molecule has 0 atom stereocenters. The maximum atomic E-state index is 11.8. The van der Waals surface area contributed by atoms with Crippen molar-refractivity contribution < 1.29 is 9.32 Å². The molecular weight excluding hydrogens is 327 g/mol. The molecule has 1 amide bonds. The SMILES string of the molecule is CCCNCCNC(=O)c1cc(-c2ccncc2)on1.Cl.Cl. The molecule has 0 radical (unpaired) electrons. The number of hydrogen-bond acceptors (Lipinski definition) is 5. The lowest BCUT2D eigenvalue weighted by Gasteiger charge is -2.03. The summed E-state index contributed by atoms with van der Waals surface area (Å²) in [4.78, 5) is 15.8. The van der Waals surface area contributed by atoms with Gasteiger partial charge in [0, 0.05) is 37.1 Å². The van der Waals surface area contributed by atoms with Gasteiger partial charge in [-0.05, 0) is 25.1 Å². The molecule has 0 aliphatic heterocycles. The monoisotopic (exact) mass is 346 g/mol. The number of carbonyl (C=O) groups excluding carboxylic acids is 1. The minimum absolute atomic E-state index is 0. The van der Waals surface area contributed by atoms with Crippen molar-refractivity contribution in [3.8, 4) is 11.3 Å². The number of nitrogens with one attached hydrogen (secondary N) is 2. The fourth-order valence-electron chi connectivity index (χ4n) is 1.69. The van der Waals surface area contributed by atoms with Crippen molar-refractivity contribution in [3.05, 3.63) is 36.3 Å². The average Bonchev–Trinajstić information content (AvgIpc) is 2.98. The molecule has 2 aromatic heterocycles. The first-order valence-electron chi connectivity index (χ1n) is 6.67. The van der Waals surface area contributed by atoms with Gasteiger partial charge in [-0.1, -0.05) is 12.1 Å². The molecule has 22 heavy (non-hydrogen) atoms. The predicted molar refractivity (Wildman–Crippen MR) is 89.7 cm³/mol. The third kappa shape index (κ3) is 6.01. The third-order valence-corrected chi connectivity index (χ3v) is 2.72. The Balaban J connectivity index is 0.00000220. The highest BCUT2D eigenvalue weighted by atomic mass is 35.5. The zero-order valence-corrected chi connectivity index (χ0v) is 13.9. The number of carbonyl (C=O) groups is 1. The van der Waals surface area contributed by atoms with Gasteiger partial charge in [0.25, 0.3) is 5.91 Å². The zero-order valence-electron chi connectivity index (χ0n) is 12.2. The number of halogens is 2. The molecule has 2 heterocycles. The Morgan fingerprint density at radius 2 is 1.91 bits per heavy atom. The Kier molecular flexibility index (Phi) is 10.2. The molecule has 2 rings (SSSR count). The lowest BCUT2D eigenvalue weighted by atomic mass is 10.2. The molecule has 0 aliphatic carbocycles. The van der Waals surface area contributed by atoms with Gasteiger partial charge in [-0.25, -0.2) is 0 Å². The van der Waals surface area contributed by atoms with Gasteiger partial charge < -0.3 is 15.2 Å². The van der Waals surface area contributed by atoms with Crippen LogP contribution < -0.4 is 10.6 Å². The second-order valence-corrected chi connectivity index (χ2v) is 4.32. The highest BCUT2D eigenvalue weighted by Gasteiger charge is 2.12. The summed E-state index contributed by atoms with van der Waals surface area (Å²) in [7, 11) is 0. The minimum atomic E-state index is -0.229. The Bertz CT molecular complexity index is 549. The van der Waals surface area contributed by atoms with Crippen LogP contribution in [0.5, 0.6) is 0 Å². The van der Waals surface area contributed by atoms with Crippen LogP contribution in [-0.2, 0) is 0 Å². The van der Waals surface area contributed by atoms with Gasteiger partial charge >= 0.3 is 0 Å². The minimum Gasteiger partial charge on any atom is -0.355 e. The van der Waals surface area contributed by atoms with Gasteiger partial charge in [-0.2, -0.15) is 0 Å². The van der Waals surface area contributed by atoms with Crippen molar-refractivity contribution in [1.29, 1.82) is 0 Å². The van der Waals surface area contributed by atoms with Crippen LogP contribution in [0.3, 0.4) is 0 Å². The summed E-state index contributed by atoms with van der Waals surface area (Å²) in [6, 6.07) is 5.23. The Labute approximate surface area is 141 Å². The predicted octanol–water partition coefficient (Wildman–Crippen LogP) is 2.31. The van der Waals surface area contributed by atoms with Crippen LogP contribution in [0.2, 0.25) is 0 Å². The van der Waals surface area contributed by atoms with Crippen molar-refractivity contribution in [3.63, 3.8) is 0 Å². The Hall–Kier alpha value is -1.63. The van der Waals surface area contributed by atoms with Gasteiger partial charge in [0.05, 0.1) is 0 Å². The van der Waals surface area contributed by atoms with Crippen LogP contribution in [0.15, 0.2) is 35.1 Å². The van der Waals surface area contributed by atoms with Gasteiger partial charge in [0.1, 0.15) is 0 Å². The summed E-state index contributed by atoms with van der Waals surface area (Å²) in [6.45, 7) is 4.36. The van der Waals surface area contributed by atoms with Crippen molar-refractivity contribution in [2.24, 2.45) is 0 Å². The zero-order chi connectivity index (χ0) is 14.2. The number of aromatic nitrogens is 2. The first-order valence-corrected chi connectivity index (χ1v) is 6.67. The van der Waals surface area contributed by atoms with Crippen molar-refractivity contribution >= 4 is 30.7 Å². The molecule has 0 spiro atoms. The smallest absolute Gasteiger partial charge is 0.273 e. The molecule has 6 nitrogen and oxygen atoms in total. The van der Waals surface area contributed by atoms with Crippen LogP contribution in [0.25, 0.3) is 11.3 Å². The van der Waals surface area contributed by atoms with Gasteiger partial charge in [0.15, 0.2) is 11.5 Å². The van der Waals surface area contributed by atoms with E-state index in [0.717, 1.165) is 25.1 Å². The maximum absolute atomic E-state index is 11.8. The fraction of sp³-hybridized carbons (Fsp3) is 0.357. The highest BCUT2D eigenvalue weighted by molar-refractivity contribution is 5.93. The topological polar surface area (TPSA) is 80.0 Å². The standard InChI is InChI=1S/C14H18N4O2.2ClH/c1-2-5-15-8-9-17-14(19)12-10-13(20-18-12)11-3-6-16-7-4-11;;/h3-4,6-7,10,15H,2,5,8-9H2,1H3,(H,17,19);2*1H. The van der Waals surface area contributed by atoms with E-state index in [4.69, 9.17) is 4.52 Å². The normalized spacial score (nSPS) is 9.50. The number of pyridine rings is 1. The second kappa shape index (κ2) is 11.0. The van der Waals surface area contributed by atoms with Crippen molar-refractivity contribution in [2.75, 3.05) is 19.6 Å². The van der Waals surface area contributed by atoms with Gasteiger partial charge in [-0.3, -0.25) is 9.78 Å². The summed E-state index contributed by atoms with van der Waals surface area (Å²) >= 11 is 0. The van der Waals surface area contributed by atoms with E-state index in [9.17, 15) is 4.79 Å². The van der Waals surface area contributed by atoms with Crippen LogP contribution in [0, 0.1) is 0 Å². The molecule has 0 aromatic carbocycles. The first-order chi connectivity index (χ1) is 9.81. The van der Waals surface area contributed by atoms with E-state index < -0.39 is 0 Å². The number of rotatable bonds is 7. The summed E-state index contributed by atoms with van der Waals surface area (Å²) in [5.74, 6) is 0.328. The molecule has 0 saturated heterocycles. The third-order valence-electron chi connectivity index (χ3n) is 2.72. The molecule has 0 saturated carbocycles. The van der Waals surface area contributed by atoms with Crippen LogP contribution >= 0.6 is 24.8 Å². The first kappa shape index (κ1) is 20.4. The van der Waals surface area contributed by atoms with E-state index in [0.29, 0.717) is 12.3 Å². The van der Waals surface area contributed by atoms with Gasteiger partial charge in [-0.15, -0.1) is 24.8 Å². The molecule has 2 aromatic rings. The molecule has 0 unspecified atom stereocenters. The van der Waals surface area contributed by atoms with Crippen LogP contribution in [0.4, 0.5) is 0 Å².